The van der Waals surface area contributed by atoms with Gasteiger partial charge >= 0.3 is 0 Å². The first-order valence-corrected chi connectivity index (χ1v) is 6.01. The molecule has 1 aliphatic heterocycles. The van der Waals surface area contributed by atoms with Crippen LogP contribution in [0.1, 0.15) is 32.3 Å². The zero-order valence-corrected chi connectivity index (χ0v) is 9.98. The lowest BCUT2D eigenvalue weighted by atomic mass is 10.1. The summed E-state index contributed by atoms with van der Waals surface area (Å²) in [6, 6.07) is 10.8. The van der Waals surface area contributed by atoms with Gasteiger partial charge < -0.3 is 4.90 Å². The van der Waals surface area contributed by atoms with E-state index in [1.54, 1.807) is 0 Å². The molecular formula is C14H18N2. The van der Waals surface area contributed by atoms with E-state index in [-0.39, 0.29) is 0 Å². The summed E-state index contributed by atoms with van der Waals surface area (Å²) in [5.41, 5.74) is 1.96. The summed E-state index contributed by atoms with van der Waals surface area (Å²) in [6.07, 6.45) is 2.45. The molecule has 2 nitrogen and oxygen atoms in total. The van der Waals surface area contributed by atoms with Gasteiger partial charge in [0.25, 0.3) is 0 Å². The minimum Gasteiger partial charge on any atom is -0.368 e. The highest BCUT2D eigenvalue weighted by Crippen LogP contribution is 2.30. The lowest BCUT2D eigenvalue weighted by Crippen LogP contribution is -2.28. The fraction of sp³-hybridized carbons (Fsp3) is 0.500. The average Bonchev–Trinajstić information content (AvgIpc) is 2.70. The van der Waals surface area contributed by atoms with Crippen LogP contribution in [0.5, 0.6) is 0 Å². The minimum atomic E-state index is 0.643. The van der Waals surface area contributed by atoms with Crippen LogP contribution in [0.15, 0.2) is 24.3 Å². The first-order chi connectivity index (χ1) is 7.74. The molecule has 1 fully saturated rings. The van der Waals surface area contributed by atoms with Gasteiger partial charge in [0.05, 0.1) is 11.6 Å². The van der Waals surface area contributed by atoms with Crippen LogP contribution < -0.4 is 4.90 Å². The zero-order chi connectivity index (χ0) is 11.5. The smallest absolute Gasteiger partial charge is 0.0992 e. The van der Waals surface area contributed by atoms with Gasteiger partial charge in [-0.25, -0.2) is 0 Å². The molecule has 0 amide bonds. The summed E-state index contributed by atoms with van der Waals surface area (Å²) in [5, 5.41) is 8.91. The summed E-state index contributed by atoms with van der Waals surface area (Å²) < 4.78 is 0. The quantitative estimate of drug-likeness (QED) is 0.756. The van der Waals surface area contributed by atoms with Gasteiger partial charge in [0.2, 0.25) is 0 Å². The maximum Gasteiger partial charge on any atom is 0.0992 e. The van der Waals surface area contributed by atoms with E-state index in [9.17, 15) is 0 Å². The molecule has 84 valence electrons. The number of hydrogen-bond donors (Lipinski definition) is 0. The lowest BCUT2D eigenvalue weighted by Gasteiger charge is -2.26. The Labute approximate surface area is 97.5 Å². The van der Waals surface area contributed by atoms with Crippen LogP contribution in [-0.2, 0) is 0 Å². The molecule has 1 heterocycles. The molecule has 0 bridgehead atoms. The van der Waals surface area contributed by atoms with Crippen molar-refractivity contribution in [3.05, 3.63) is 29.8 Å². The van der Waals surface area contributed by atoms with E-state index in [0.29, 0.717) is 6.04 Å². The molecule has 2 atom stereocenters. The zero-order valence-electron chi connectivity index (χ0n) is 9.98. The number of rotatable bonds is 2. The fourth-order valence-corrected chi connectivity index (χ4v) is 2.61. The van der Waals surface area contributed by atoms with Gasteiger partial charge in [-0.05, 0) is 37.0 Å². The predicted octanol–water partition coefficient (Wildman–Crippen LogP) is 3.18. The van der Waals surface area contributed by atoms with Crippen molar-refractivity contribution < 1.29 is 0 Å². The van der Waals surface area contributed by atoms with Crippen molar-refractivity contribution in [3.63, 3.8) is 0 Å². The molecule has 1 aromatic carbocycles. The van der Waals surface area contributed by atoms with Crippen molar-refractivity contribution in [3.8, 4) is 6.07 Å². The topological polar surface area (TPSA) is 27.0 Å². The number of nitrogens with zero attached hydrogens (tertiary/aromatic N) is 2. The van der Waals surface area contributed by atoms with Gasteiger partial charge in [0.1, 0.15) is 0 Å². The predicted molar refractivity (Wildman–Crippen MR) is 66.4 cm³/mol. The first-order valence-electron chi connectivity index (χ1n) is 6.01. The second-order valence-electron chi connectivity index (χ2n) is 4.72. The third-order valence-corrected chi connectivity index (χ3v) is 3.40. The van der Waals surface area contributed by atoms with Gasteiger partial charge in [-0.3, -0.25) is 0 Å². The lowest BCUT2D eigenvalue weighted by molar-refractivity contribution is 0.588. The standard InChI is InChI=1S/C14H18N2/c1-3-13-7-11(2)10-16(13)14-6-4-5-12(8-14)9-15/h4-6,8,11,13H,3,7,10H2,1-2H3. The van der Waals surface area contributed by atoms with Crippen molar-refractivity contribution >= 4 is 5.69 Å². The molecule has 2 rings (SSSR count). The van der Waals surface area contributed by atoms with Crippen LogP contribution >= 0.6 is 0 Å². The molecule has 1 aliphatic rings. The third-order valence-electron chi connectivity index (χ3n) is 3.40. The summed E-state index contributed by atoms with van der Waals surface area (Å²) in [6.45, 7) is 5.66. The molecule has 0 saturated carbocycles. The number of nitriles is 1. The van der Waals surface area contributed by atoms with Crippen molar-refractivity contribution in [1.29, 1.82) is 5.26 Å². The molecule has 2 unspecified atom stereocenters. The van der Waals surface area contributed by atoms with Gasteiger partial charge in [0, 0.05) is 18.3 Å². The number of benzene rings is 1. The van der Waals surface area contributed by atoms with Gasteiger partial charge in [0.15, 0.2) is 0 Å². The summed E-state index contributed by atoms with van der Waals surface area (Å²) in [5.74, 6) is 0.760. The SMILES string of the molecule is CCC1CC(C)CN1c1cccc(C#N)c1. The highest BCUT2D eigenvalue weighted by atomic mass is 15.2. The van der Waals surface area contributed by atoms with E-state index in [0.717, 1.165) is 18.0 Å². The first kappa shape index (κ1) is 11.0. The second kappa shape index (κ2) is 4.57. The minimum absolute atomic E-state index is 0.643. The maximum atomic E-state index is 8.91. The van der Waals surface area contributed by atoms with E-state index < -0.39 is 0 Å². The molecule has 0 aromatic heterocycles. The average molecular weight is 214 g/mol. The van der Waals surface area contributed by atoms with Crippen LogP contribution in [0.25, 0.3) is 0 Å². The second-order valence-corrected chi connectivity index (χ2v) is 4.72. The number of hydrogen-bond acceptors (Lipinski definition) is 2. The van der Waals surface area contributed by atoms with Gasteiger partial charge in [-0.15, -0.1) is 0 Å². The van der Waals surface area contributed by atoms with E-state index in [1.807, 2.05) is 18.2 Å². The summed E-state index contributed by atoms with van der Waals surface area (Å²) in [7, 11) is 0. The highest BCUT2D eigenvalue weighted by Gasteiger charge is 2.28. The Morgan fingerprint density at radius 2 is 2.31 bits per heavy atom. The number of anilines is 1. The molecule has 0 aliphatic carbocycles. The Morgan fingerprint density at radius 1 is 1.50 bits per heavy atom. The summed E-state index contributed by atoms with van der Waals surface area (Å²) in [4.78, 5) is 2.45. The van der Waals surface area contributed by atoms with Crippen LogP contribution in [0, 0.1) is 17.2 Å². The van der Waals surface area contributed by atoms with Gasteiger partial charge in [-0.1, -0.05) is 19.9 Å². The van der Waals surface area contributed by atoms with Crippen LogP contribution in [0.4, 0.5) is 5.69 Å². The normalized spacial score (nSPS) is 24.4. The Bertz CT molecular complexity index is 405. The molecule has 16 heavy (non-hydrogen) atoms. The Hall–Kier alpha value is -1.49. The monoisotopic (exact) mass is 214 g/mol. The van der Waals surface area contributed by atoms with Crippen molar-refractivity contribution in [2.75, 3.05) is 11.4 Å². The fourth-order valence-electron chi connectivity index (χ4n) is 2.61. The third kappa shape index (κ3) is 2.04. The summed E-state index contributed by atoms with van der Waals surface area (Å²) >= 11 is 0. The van der Waals surface area contributed by atoms with E-state index >= 15 is 0 Å². The van der Waals surface area contributed by atoms with E-state index in [4.69, 9.17) is 5.26 Å². The molecule has 1 saturated heterocycles. The molecule has 2 heteroatoms. The Morgan fingerprint density at radius 3 is 3.00 bits per heavy atom. The molecule has 0 spiro atoms. The maximum absolute atomic E-state index is 8.91. The molecule has 0 radical (unpaired) electrons. The van der Waals surface area contributed by atoms with Crippen molar-refractivity contribution in [1.82, 2.24) is 0 Å². The van der Waals surface area contributed by atoms with E-state index in [1.165, 1.54) is 18.5 Å². The molecular weight excluding hydrogens is 196 g/mol. The Kier molecular flexibility index (Phi) is 3.14. The Balaban J connectivity index is 2.26. The van der Waals surface area contributed by atoms with Crippen molar-refractivity contribution in [2.45, 2.75) is 32.7 Å². The molecule has 0 N–H and O–H groups in total. The van der Waals surface area contributed by atoms with Gasteiger partial charge in [-0.2, -0.15) is 5.26 Å². The van der Waals surface area contributed by atoms with Crippen LogP contribution in [-0.4, -0.2) is 12.6 Å². The van der Waals surface area contributed by atoms with Crippen molar-refractivity contribution in [2.24, 2.45) is 5.92 Å². The molecule has 1 aromatic rings. The highest BCUT2D eigenvalue weighted by molar-refractivity contribution is 5.53. The van der Waals surface area contributed by atoms with Crippen LogP contribution in [0.2, 0.25) is 0 Å². The van der Waals surface area contributed by atoms with E-state index in [2.05, 4.69) is 30.9 Å². The largest absolute Gasteiger partial charge is 0.368 e. The van der Waals surface area contributed by atoms with Crippen LogP contribution in [0.3, 0.4) is 0 Å².